The highest BCUT2D eigenvalue weighted by Crippen LogP contribution is 2.27. The molecule has 3 rings (SSSR count). The predicted octanol–water partition coefficient (Wildman–Crippen LogP) is 3.70. The summed E-state index contributed by atoms with van der Waals surface area (Å²) >= 11 is 0. The van der Waals surface area contributed by atoms with Crippen molar-refractivity contribution >= 4 is 17.6 Å². The Morgan fingerprint density at radius 1 is 0.966 bits per heavy atom. The molecule has 1 amide bonds. The van der Waals surface area contributed by atoms with E-state index < -0.39 is 24.0 Å². The topological polar surface area (TPSA) is 78.9 Å². The summed E-state index contributed by atoms with van der Waals surface area (Å²) in [6.07, 6.45) is 3.84. The van der Waals surface area contributed by atoms with Crippen LogP contribution in [-0.2, 0) is 9.59 Å². The molecule has 0 bridgehead atoms. The lowest BCUT2D eigenvalue weighted by molar-refractivity contribution is -0.141. The van der Waals surface area contributed by atoms with Gasteiger partial charge in [0.05, 0.1) is 0 Å². The maximum atomic E-state index is 12.1. The minimum atomic E-state index is -1.17. The average Bonchev–Trinajstić information content (AvgIpc) is 2.73. The summed E-state index contributed by atoms with van der Waals surface area (Å²) in [5.41, 5.74) is 2.28. The molecule has 1 aliphatic heterocycles. The molecule has 0 aromatic heterocycles. The Morgan fingerprint density at radius 3 is 2.07 bits per heavy atom. The van der Waals surface area contributed by atoms with Crippen LogP contribution in [0.4, 0.5) is 5.69 Å². The van der Waals surface area contributed by atoms with Crippen LogP contribution in [-0.4, -0.2) is 42.2 Å². The quantitative estimate of drug-likeness (QED) is 0.746. The zero-order valence-electron chi connectivity index (χ0n) is 17.0. The van der Waals surface area contributed by atoms with Gasteiger partial charge in [-0.25, -0.2) is 0 Å². The first-order valence-electron chi connectivity index (χ1n) is 10.00. The fourth-order valence-electron chi connectivity index (χ4n) is 3.44. The highest BCUT2D eigenvalue weighted by Gasteiger charge is 2.30. The molecule has 1 heterocycles. The van der Waals surface area contributed by atoms with Crippen molar-refractivity contribution in [1.29, 1.82) is 0 Å². The second kappa shape index (κ2) is 8.99. The van der Waals surface area contributed by atoms with Crippen LogP contribution in [0.25, 0.3) is 11.1 Å². The minimum Gasteiger partial charge on any atom is -0.480 e. The van der Waals surface area contributed by atoms with Crippen LogP contribution in [0, 0.1) is 0 Å². The molecule has 1 fully saturated rings. The van der Waals surface area contributed by atoms with Gasteiger partial charge in [-0.1, -0.05) is 24.3 Å². The molecule has 6 nitrogen and oxygen atoms in total. The highest BCUT2D eigenvalue weighted by molar-refractivity contribution is 5.87. The fraction of sp³-hybridized carbons (Fsp3) is 0.391. The number of aliphatic carboxylic acids is 1. The molecule has 0 unspecified atom stereocenters. The molecule has 2 aromatic rings. The van der Waals surface area contributed by atoms with Gasteiger partial charge in [-0.3, -0.25) is 9.59 Å². The molecule has 2 aromatic carbocycles. The van der Waals surface area contributed by atoms with E-state index >= 15 is 0 Å². The van der Waals surface area contributed by atoms with Crippen molar-refractivity contribution < 1.29 is 19.4 Å². The summed E-state index contributed by atoms with van der Waals surface area (Å²) in [7, 11) is 0. The number of amides is 1. The first-order chi connectivity index (χ1) is 13.8. The van der Waals surface area contributed by atoms with Gasteiger partial charge in [-0.2, -0.15) is 0 Å². The van der Waals surface area contributed by atoms with Crippen LogP contribution in [0.2, 0.25) is 0 Å². The molecular weight excluding hydrogens is 368 g/mol. The van der Waals surface area contributed by atoms with Crippen LogP contribution in [0.3, 0.4) is 0 Å². The van der Waals surface area contributed by atoms with E-state index in [9.17, 15) is 9.59 Å². The van der Waals surface area contributed by atoms with Crippen molar-refractivity contribution in [2.75, 3.05) is 24.5 Å². The lowest BCUT2D eigenvalue weighted by Crippen LogP contribution is -2.47. The largest absolute Gasteiger partial charge is 0.480 e. The number of benzene rings is 2. The molecule has 154 valence electrons. The summed E-state index contributed by atoms with van der Waals surface area (Å²) < 4.78 is 5.77. The summed E-state index contributed by atoms with van der Waals surface area (Å²) in [6, 6.07) is 16.1. The molecule has 0 aliphatic carbocycles. The van der Waals surface area contributed by atoms with E-state index in [1.807, 2.05) is 24.3 Å². The van der Waals surface area contributed by atoms with Crippen molar-refractivity contribution in [1.82, 2.24) is 5.32 Å². The third-order valence-corrected chi connectivity index (χ3v) is 5.10. The SMILES string of the molecule is CC(C)(Oc1ccc(-c2ccc(N3CCCCC3)cc2)cc1)C(=O)NCC(=O)O. The number of ether oxygens (including phenoxy) is 1. The average molecular weight is 396 g/mol. The smallest absolute Gasteiger partial charge is 0.322 e. The third kappa shape index (κ3) is 5.50. The van der Waals surface area contributed by atoms with Gasteiger partial charge in [-0.15, -0.1) is 0 Å². The number of nitrogens with one attached hydrogen (secondary N) is 1. The van der Waals surface area contributed by atoms with Crippen molar-refractivity contribution in [3.63, 3.8) is 0 Å². The Bertz CT molecular complexity index is 838. The number of carbonyl (C=O) groups is 2. The maximum Gasteiger partial charge on any atom is 0.322 e. The molecule has 29 heavy (non-hydrogen) atoms. The van der Waals surface area contributed by atoms with E-state index in [0.717, 1.165) is 24.2 Å². The maximum absolute atomic E-state index is 12.1. The second-order valence-electron chi connectivity index (χ2n) is 7.81. The molecule has 1 aliphatic rings. The Kier molecular flexibility index (Phi) is 6.42. The van der Waals surface area contributed by atoms with Crippen LogP contribution >= 0.6 is 0 Å². The van der Waals surface area contributed by atoms with Crippen molar-refractivity contribution in [3.8, 4) is 16.9 Å². The Hall–Kier alpha value is -3.02. The lowest BCUT2D eigenvalue weighted by atomic mass is 10.0. The lowest BCUT2D eigenvalue weighted by Gasteiger charge is -2.28. The number of hydrogen-bond acceptors (Lipinski definition) is 4. The van der Waals surface area contributed by atoms with Gasteiger partial charge >= 0.3 is 5.97 Å². The molecular formula is C23H28N2O4. The predicted molar refractivity (Wildman–Crippen MR) is 113 cm³/mol. The van der Waals surface area contributed by atoms with Gasteiger partial charge < -0.3 is 20.1 Å². The van der Waals surface area contributed by atoms with Crippen LogP contribution in [0.1, 0.15) is 33.1 Å². The van der Waals surface area contributed by atoms with E-state index in [-0.39, 0.29) is 0 Å². The number of hydrogen-bond donors (Lipinski definition) is 2. The van der Waals surface area contributed by atoms with Crippen LogP contribution in [0.5, 0.6) is 5.75 Å². The molecule has 1 saturated heterocycles. The van der Waals surface area contributed by atoms with Gasteiger partial charge in [-0.05, 0) is 68.5 Å². The van der Waals surface area contributed by atoms with Gasteiger partial charge in [0, 0.05) is 18.8 Å². The number of rotatable bonds is 7. The highest BCUT2D eigenvalue weighted by atomic mass is 16.5. The van der Waals surface area contributed by atoms with E-state index in [4.69, 9.17) is 9.84 Å². The second-order valence-corrected chi connectivity index (χ2v) is 7.81. The number of piperidine rings is 1. The molecule has 2 N–H and O–H groups in total. The molecule has 0 spiro atoms. The zero-order chi connectivity index (χ0) is 20.9. The summed E-state index contributed by atoms with van der Waals surface area (Å²) in [4.78, 5) is 25.2. The molecule has 0 radical (unpaired) electrons. The van der Waals surface area contributed by atoms with E-state index in [1.54, 1.807) is 13.8 Å². The minimum absolute atomic E-state index is 0.433. The number of carboxylic acid groups (broad SMARTS) is 1. The molecule has 0 atom stereocenters. The monoisotopic (exact) mass is 396 g/mol. The first-order valence-corrected chi connectivity index (χ1v) is 10.00. The summed E-state index contributed by atoms with van der Waals surface area (Å²) in [6.45, 7) is 5.04. The summed E-state index contributed by atoms with van der Waals surface area (Å²) in [5, 5.41) is 11.0. The summed E-state index contributed by atoms with van der Waals surface area (Å²) in [5.74, 6) is -1.02. The zero-order valence-corrected chi connectivity index (χ0v) is 17.0. The Morgan fingerprint density at radius 2 is 1.52 bits per heavy atom. The number of carbonyl (C=O) groups excluding carboxylic acids is 1. The number of carboxylic acids is 1. The van der Waals surface area contributed by atoms with Crippen molar-refractivity contribution in [2.24, 2.45) is 0 Å². The van der Waals surface area contributed by atoms with E-state index in [1.165, 1.54) is 24.9 Å². The van der Waals surface area contributed by atoms with Crippen LogP contribution < -0.4 is 15.0 Å². The van der Waals surface area contributed by atoms with Gasteiger partial charge in [0.25, 0.3) is 5.91 Å². The Balaban J connectivity index is 1.63. The van der Waals surface area contributed by atoms with Gasteiger partial charge in [0.2, 0.25) is 0 Å². The standard InChI is InChI=1S/C23H28N2O4/c1-23(2,22(28)24-16-21(26)27)29-20-12-8-18(9-13-20)17-6-10-19(11-7-17)25-14-4-3-5-15-25/h6-13H,3-5,14-16H2,1-2H3,(H,24,28)(H,26,27). The van der Waals surface area contributed by atoms with Gasteiger partial charge in [0.15, 0.2) is 5.60 Å². The third-order valence-electron chi connectivity index (χ3n) is 5.10. The first kappa shape index (κ1) is 20.7. The normalized spacial score (nSPS) is 14.3. The van der Waals surface area contributed by atoms with E-state index in [2.05, 4.69) is 34.5 Å². The van der Waals surface area contributed by atoms with Crippen LogP contribution in [0.15, 0.2) is 48.5 Å². The Labute approximate surface area is 171 Å². The number of anilines is 1. The van der Waals surface area contributed by atoms with Gasteiger partial charge in [0.1, 0.15) is 12.3 Å². The number of nitrogens with zero attached hydrogens (tertiary/aromatic N) is 1. The molecule has 6 heteroatoms. The van der Waals surface area contributed by atoms with E-state index in [0.29, 0.717) is 5.75 Å². The fourth-order valence-corrected chi connectivity index (χ4v) is 3.44. The molecule has 0 saturated carbocycles. The van der Waals surface area contributed by atoms with Crippen molar-refractivity contribution in [3.05, 3.63) is 48.5 Å². The van der Waals surface area contributed by atoms with Crippen molar-refractivity contribution in [2.45, 2.75) is 38.7 Å².